The number of Topliss-reactive ketones (excluding diaryl/α,β-unsaturated/α-hetero) is 1. The van der Waals surface area contributed by atoms with E-state index in [1.54, 1.807) is 12.1 Å². The summed E-state index contributed by atoms with van der Waals surface area (Å²) in [5, 5.41) is 18.9. The Balaban J connectivity index is 0.000000377. The molecule has 0 atom stereocenters. The Morgan fingerprint density at radius 1 is 0.913 bits per heavy atom. The van der Waals surface area contributed by atoms with Gasteiger partial charge in [-0.25, -0.2) is 12.1 Å². The smallest absolute Gasteiger partial charge is 0.507 e. The van der Waals surface area contributed by atoms with Gasteiger partial charge in [-0.3, -0.25) is 4.79 Å². The van der Waals surface area contributed by atoms with Gasteiger partial charge < -0.3 is 10.2 Å². The summed E-state index contributed by atoms with van der Waals surface area (Å²) in [6, 6.07) is 21.3. The van der Waals surface area contributed by atoms with Gasteiger partial charge in [-0.05, 0) is 12.1 Å². The average molecular weight is 346 g/mol. The molecule has 3 rings (SSSR count). The number of carbonyl (C=O) groups is 1. The Morgan fingerprint density at radius 3 is 2.04 bits per heavy atom. The summed E-state index contributed by atoms with van der Waals surface area (Å²) in [6.07, 6.45) is 0. The predicted octanol–water partition coefficient (Wildman–Crippen LogP) is 3.45. The van der Waals surface area contributed by atoms with Gasteiger partial charge in [0, 0.05) is 0 Å². The van der Waals surface area contributed by atoms with Crippen LogP contribution in [-0.4, -0.2) is 16.0 Å². The second-order valence-electron chi connectivity index (χ2n) is 4.39. The van der Waals surface area contributed by atoms with E-state index in [4.69, 9.17) is 0 Å². The van der Waals surface area contributed by atoms with E-state index in [0.717, 1.165) is 0 Å². The Labute approximate surface area is 145 Å². The first-order valence-corrected chi connectivity index (χ1v) is 6.64. The van der Waals surface area contributed by atoms with Crippen LogP contribution in [0, 0.1) is 11.8 Å². The zero-order valence-corrected chi connectivity index (χ0v) is 13.2. The fourth-order valence-electron chi connectivity index (χ4n) is 1.73. The molecule has 0 aliphatic carbocycles. The van der Waals surface area contributed by atoms with Gasteiger partial charge in [0.25, 0.3) is 0 Å². The minimum Gasteiger partial charge on any atom is -0.507 e. The average Bonchev–Trinajstić information content (AvgIpc) is 3.21. The van der Waals surface area contributed by atoms with Gasteiger partial charge in [-0.15, -0.1) is 11.6 Å². The van der Waals surface area contributed by atoms with Crippen LogP contribution < -0.4 is 0 Å². The van der Waals surface area contributed by atoms with Crippen LogP contribution in [0.3, 0.4) is 0 Å². The molecule has 0 spiro atoms. The third kappa shape index (κ3) is 5.52. The normalized spacial score (nSPS) is 8.70. The maximum absolute atomic E-state index is 11.7. The summed E-state index contributed by atoms with van der Waals surface area (Å²) in [5.41, 5.74) is 0.555. The summed E-state index contributed by atoms with van der Waals surface area (Å²) in [4.78, 5) is 11.7. The van der Waals surface area contributed by atoms with Crippen molar-refractivity contribution in [2.75, 3.05) is 0 Å². The molecule has 0 saturated heterocycles. The first-order chi connectivity index (χ1) is 10.7. The number of benzene rings is 1. The van der Waals surface area contributed by atoms with Crippen LogP contribution in [0.1, 0.15) is 15.9 Å². The topological polar surface area (TPSA) is 57.5 Å². The Morgan fingerprint density at radius 2 is 1.57 bits per heavy atom. The number of aromatic hydroxyl groups is 2. The van der Waals surface area contributed by atoms with Crippen molar-refractivity contribution in [1.29, 1.82) is 0 Å². The molecule has 116 valence electrons. The minimum atomic E-state index is -0.609. The van der Waals surface area contributed by atoms with E-state index in [1.165, 1.54) is 18.2 Å². The number of rotatable bonds is 1. The van der Waals surface area contributed by atoms with Crippen molar-refractivity contribution in [3.63, 3.8) is 0 Å². The van der Waals surface area contributed by atoms with Gasteiger partial charge in [0.2, 0.25) is 5.78 Å². The molecule has 0 radical (unpaired) electrons. The Kier molecular flexibility index (Phi) is 7.42. The van der Waals surface area contributed by atoms with E-state index < -0.39 is 5.78 Å². The van der Waals surface area contributed by atoms with E-state index in [1.807, 2.05) is 42.5 Å². The molecule has 2 N–H and O–H groups in total. The third-order valence-electron chi connectivity index (χ3n) is 2.79. The van der Waals surface area contributed by atoms with Gasteiger partial charge in [0.05, 0.1) is 0 Å². The van der Waals surface area contributed by atoms with Crippen LogP contribution in [-0.2, 0) is 17.1 Å². The maximum atomic E-state index is 11.7. The van der Waals surface area contributed by atoms with Crippen LogP contribution in [0.4, 0.5) is 0 Å². The molecule has 0 amide bonds. The molecule has 0 aliphatic heterocycles. The van der Waals surface area contributed by atoms with Crippen LogP contribution in [0.25, 0.3) is 0 Å². The fraction of sp³-hybridized carbons (Fsp3) is 0. The number of ketones is 1. The second kappa shape index (κ2) is 9.32. The predicted molar refractivity (Wildman–Crippen MR) is 85.1 cm³/mol. The van der Waals surface area contributed by atoms with Crippen LogP contribution in [0.15, 0.2) is 72.8 Å². The molecule has 3 aromatic carbocycles. The molecular weight excluding hydrogens is 332 g/mol. The first-order valence-electron chi connectivity index (χ1n) is 6.64. The van der Waals surface area contributed by atoms with E-state index in [0.29, 0.717) is 5.56 Å². The van der Waals surface area contributed by atoms with E-state index >= 15 is 0 Å². The SMILES string of the molecule is O=C(C#Cc1ccc[cH-]1)c1c(O)cccc1O.[Fe+2].c1cc[cH-]c1. The quantitative estimate of drug-likeness (QED) is 0.307. The Bertz CT molecular complexity index is 738. The zero-order chi connectivity index (χ0) is 15.8. The number of hydrogen-bond donors (Lipinski definition) is 2. The van der Waals surface area contributed by atoms with Crippen molar-refractivity contribution < 1.29 is 32.1 Å². The van der Waals surface area contributed by atoms with Crippen molar-refractivity contribution in [3.05, 3.63) is 83.9 Å². The Hall–Kier alpha value is -2.73. The number of hydrogen-bond acceptors (Lipinski definition) is 3. The van der Waals surface area contributed by atoms with Crippen LogP contribution >= 0.6 is 0 Å². The first kappa shape index (κ1) is 18.3. The minimum absolute atomic E-state index is 0. The van der Waals surface area contributed by atoms with Crippen molar-refractivity contribution in [1.82, 2.24) is 0 Å². The molecule has 23 heavy (non-hydrogen) atoms. The summed E-state index contributed by atoms with van der Waals surface area (Å²) in [5.74, 6) is 3.88. The van der Waals surface area contributed by atoms with Gasteiger partial charge in [-0.1, -0.05) is 12.0 Å². The van der Waals surface area contributed by atoms with Gasteiger partial charge in [-0.2, -0.15) is 42.3 Å². The maximum Gasteiger partial charge on any atom is 2.00 e. The standard InChI is InChI=1S/C14H9O3.C5H5.Fe/c15-11-6-3-7-12(16)14(11)13(17)9-8-10-4-1-2-5-10;1-2-4-5-3-1;/h1-7,15-16H;1-5H;/q2*-1;+2. The number of phenolic OH excluding ortho intramolecular Hbond substituents is 2. The molecular formula is C19H14FeO3. The monoisotopic (exact) mass is 346 g/mol. The molecule has 0 heterocycles. The number of carbonyl (C=O) groups excluding carboxylic acids is 1. The zero-order valence-electron chi connectivity index (χ0n) is 12.1. The molecule has 0 aromatic heterocycles. The summed E-state index contributed by atoms with van der Waals surface area (Å²) >= 11 is 0. The van der Waals surface area contributed by atoms with Gasteiger partial charge >= 0.3 is 17.1 Å². The summed E-state index contributed by atoms with van der Waals surface area (Å²) < 4.78 is 0. The molecule has 0 bridgehead atoms. The molecule has 3 nitrogen and oxygen atoms in total. The largest absolute Gasteiger partial charge is 2.00 e. The van der Waals surface area contributed by atoms with Crippen molar-refractivity contribution in [2.24, 2.45) is 0 Å². The molecule has 0 saturated carbocycles. The van der Waals surface area contributed by atoms with E-state index in [9.17, 15) is 15.0 Å². The van der Waals surface area contributed by atoms with Crippen molar-refractivity contribution in [2.45, 2.75) is 0 Å². The van der Waals surface area contributed by atoms with Gasteiger partial charge in [0.15, 0.2) is 0 Å². The molecule has 0 aliphatic rings. The second-order valence-corrected chi connectivity index (χ2v) is 4.39. The summed E-state index contributed by atoms with van der Waals surface area (Å²) in [6.45, 7) is 0. The molecule has 3 aromatic rings. The van der Waals surface area contributed by atoms with E-state index in [-0.39, 0.29) is 34.1 Å². The van der Waals surface area contributed by atoms with Crippen molar-refractivity contribution in [3.8, 4) is 23.3 Å². The van der Waals surface area contributed by atoms with Crippen LogP contribution in [0.2, 0.25) is 0 Å². The van der Waals surface area contributed by atoms with Crippen molar-refractivity contribution >= 4 is 5.78 Å². The fourth-order valence-corrected chi connectivity index (χ4v) is 1.73. The molecule has 0 fully saturated rings. The van der Waals surface area contributed by atoms with Crippen LogP contribution in [0.5, 0.6) is 11.5 Å². The summed E-state index contributed by atoms with van der Waals surface area (Å²) in [7, 11) is 0. The third-order valence-corrected chi connectivity index (χ3v) is 2.79. The van der Waals surface area contributed by atoms with Gasteiger partial charge in [0.1, 0.15) is 17.1 Å². The molecule has 0 unspecified atom stereocenters. The van der Waals surface area contributed by atoms with E-state index in [2.05, 4.69) is 11.8 Å². The molecule has 4 heteroatoms. The number of phenols is 2.